The van der Waals surface area contributed by atoms with Crippen LogP contribution in [0.1, 0.15) is 23.1 Å². The molecule has 0 N–H and O–H groups in total. The van der Waals surface area contributed by atoms with Crippen LogP contribution >= 0.6 is 0 Å². The molecule has 1 atom stereocenters. The zero-order chi connectivity index (χ0) is 13.6. The van der Waals surface area contributed by atoms with E-state index in [9.17, 15) is 9.65 Å². The number of nitrogens with zero attached hydrogens (tertiary/aromatic N) is 1. The topological polar surface area (TPSA) is 33.0 Å². The molecular formula is C14H18FNOSi. The summed E-state index contributed by atoms with van der Waals surface area (Å²) in [6, 6.07) is 5.68. The number of hydrogen-bond acceptors (Lipinski definition) is 2. The molecule has 0 bridgehead atoms. The molecule has 1 unspecified atom stereocenters. The van der Waals surface area contributed by atoms with E-state index in [1.807, 2.05) is 32.6 Å². The van der Waals surface area contributed by atoms with E-state index in [1.54, 1.807) is 0 Å². The Hall–Kier alpha value is -1.18. The largest absolute Gasteiger partial charge is 0.396 e. The average molecular weight is 263 g/mol. The molecule has 0 amide bonds. The quantitative estimate of drug-likeness (QED) is 0.763. The van der Waals surface area contributed by atoms with Crippen molar-refractivity contribution in [2.45, 2.75) is 45.0 Å². The first-order chi connectivity index (χ1) is 8.27. The van der Waals surface area contributed by atoms with Crippen LogP contribution in [0.5, 0.6) is 0 Å². The van der Waals surface area contributed by atoms with Gasteiger partial charge in [-0.15, -0.1) is 0 Å². The maximum atomic E-state index is 14.2. The minimum atomic E-state index is -1.91. The Labute approximate surface area is 109 Å². The molecule has 4 heteroatoms. The van der Waals surface area contributed by atoms with Crippen molar-refractivity contribution >= 4 is 8.32 Å². The summed E-state index contributed by atoms with van der Waals surface area (Å²) in [6.45, 7) is 7.94. The normalized spacial score (nSPS) is 22.7. The van der Waals surface area contributed by atoms with Crippen LogP contribution in [0.25, 0.3) is 0 Å². The first kappa shape index (κ1) is 13.3. The summed E-state index contributed by atoms with van der Waals surface area (Å²) in [5, 5.41) is 9.50. The zero-order valence-corrected chi connectivity index (χ0v) is 12.3. The van der Waals surface area contributed by atoms with Gasteiger partial charge < -0.3 is 4.43 Å². The van der Waals surface area contributed by atoms with Gasteiger partial charge >= 0.3 is 0 Å². The molecule has 1 aliphatic rings. The predicted octanol–water partition coefficient (Wildman–Crippen LogP) is 3.65. The van der Waals surface area contributed by atoms with Gasteiger partial charge in [-0.1, -0.05) is 6.07 Å². The van der Waals surface area contributed by atoms with Gasteiger partial charge in [-0.05, 0) is 56.6 Å². The zero-order valence-electron chi connectivity index (χ0n) is 11.3. The summed E-state index contributed by atoms with van der Waals surface area (Å²) in [6.07, 6.45) is 1.27. The van der Waals surface area contributed by atoms with Crippen molar-refractivity contribution < 1.29 is 8.82 Å². The molecule has 0 aliphatic heterocycles. The van der Waals surface area contributed by atoms with E-state index in [1.165, 1.54) is 6.07 Å². The van der Waals surface area contributed by atoms with Gasteiger partial charge in [-0.25, -0.2) is 4.39 Å². The maximum absolute atomic E-state index is 14.2. The lowest BCUT2D eigenvalue weighted by Gasteiger charge is -2.31. The van der Waals surface area contributed by atoms with Gasteiger partial charge in [-0.3, -0.25) is 0 Å². The second kappa shape index (κ2) is 4.18. The third kappa shape index (κ3) is 2.20. The van der Waals surface area contributed by atoms with Gasteiger partial charge in [0.1, 0.15) is 11.9 Å². The first-order valence-electron chi connectivity index (χ1n) is 6.18. The fraction of sp³-hybridized carbons (Fsp3) is 0.500. The van der Waals surface area contributed by atoms with Crippen LogP contribution in [-0.4, -0.2) is 8.32 Å². The van der Waals surface area contributed by atoms with Crippen molar-refractivity contribution in [3.8, 4) is 6.07 Å². The lowest BCUT2D eigenvalue weighted by atomic mass is 9.96. The Balaban J connectivity index is 2.55. The molecule has 0 aromatic heterocycles. The molecule has 0 saturated heterocycles. The molecule has 0 saturated carbocycles. The Morgan fingerprint density at radius 3 is 2.61 bits per heavy atom. The Kier molecular flexibility index (Phi) is 3.08. The number of rotatable bonds is 2. The van der Waals surface area contributed by atoms with E-state index in [0.717, 1.165) is 11.1 Å². The lowest BCUT2D eigenvalue weighted by Crippen LogP contribution is -2.38. The number of aryl methyl sites for hydroxylation is 2. The summed E-state index contributed by atoms with van der Waals surface area (Å²) in [5.74, 6) is -0.303. The number of halogens is 1. The highest BCUT2D eigenvalue weighted by Crippen LogP contribution is 2.43. The highest BCUT2D eigenvalue weighted by Gasteiger charge is 2.45. The molecular weight excluding hydrogens is 245 g/mol. The molecule has 1 aromatic rings. The second-order valence-electron chi connectivity index (χ2n) is 5.93. The number of fused-ring (bicyclic) bond motifs is 1. The number of benzene rings is 1. The van der Waals surface area contributed by atoms with Gasteiger partial charge in [-0.2, -0.15) is 5.26 Å². The number of hydrogen-bond donors (Lipinski definition) is 0. The van der Waals surface area contributed by atoms with Gasteiger partial charge in [0, 0.05) is 5.56 Å². The van der Waals surface area contributed by atoms with Crippen LogP contribution in [0.15, 0.2) is 12.1 Å². The minimum absolute atomic E-state index is 0.303. The van der Waals surface area contributed by atoms with Crippen molar-refractivity contribution in [3.05, 3.63) is 34.6 Å². The second-order valence-corrected chi connectivity index (χ2v) is 10.4. The minimum Gasteiger partial charge on any atom is -0.396 e. The van der Waals surface area contributed by atoms with E-state index in [0.29, 0.717) is 18.4 Å². The summed E-state index contributed by atoms with van der Waals surface area (Å²) < 4.78 is 20.2. The van der Waals surface area contributed by atoms with Crippen molar-refractivity contribution in [2.24, 2.45) is 0 Å². The number of nitriles is 1. The van der Waals surface area contributed by atoms with Gasteiger partial charge in [0.05, 0.1) is 0 Å². The molecule has 0 heterocycles. The fourth-order valence-electron chi connectivity index (χ4n) is 2.66. The van der Waals surface area contributed by atoms with Crippen LogP contribution < -0.4 is 0 Å². The Bertz CT molecular complexity index is 530. The summed E-state index contributed by atoms with van der Waals surface area (Å²) in [5.41, 5.74) is 1.22. The van der Waals surface area contributed by atoms with Gasteiger partial charge in [0.15, 0.2) is 13.9 Å². The van der Waals surface area contributed by atoms with E-state index in [2.05, 4.69) is 6.07 Å². The predicted molar refractivity (Wildman–Crippen MR) is 71.2 cm³/mol. The van der Waals surface area contributed by atoms with Crippen molar-refractivity contribution in [2.75, 3.05) is 0 Å². The monoisotopic (exact) mass is 263 g/mol. The summed E-state index contributed by atoms with van der Waals surface area (Å²) in [4.78, 5) is 0. The van der Waals surface area contributed by atoms with Crippen LogP contribution in [0.4, 0.5) is 4.39 Å². The van der Waals surface area contributed by atoms with E-state index < -0.39 is 13.9 Å². The first-order valence-corrected chi connectivity index (χ1v) is 9.59. The van der Waals surface area contributed by atoms with E-state index >= 15 is 0 Å². The van der Waals surface area contributed by atoms with Gasteiger partial charge in [0.2, 0.25) is 0 Å². The average Bonchev–Trinajstić information content (AvgIpc) is 2.55. The molecule has 1 aromatic carbocycles. The third-order valence-corrected chi connectivity index (χ3v) is 4.09. The smallest absolute Gasteiger partial charge is 0.186 e. The Morgan fingerprint density at radius 2 is 2.06 bits per heavy atom. The molecule has 0 radical (unpaired) electrons. The standard InChI is InChI=1S/C14H18FNOSi/c1-10-7-11-5-6-14(9-16,17-18(2,3)4)13(11)12(15)8-10/h7-8H,5-6H2,1-4H3. The van der Waals surface area contributed by atoms with Crippen molar-refractivity contribution in [1.82, 2.24) is 0 Å². The fourth-order valence-corrected chi connectivity index (χ4v) is 3.95. The molecule has 2 rings (SSSR count). The molecule has 1 aliphatic carbocycles. The SMILES string of the molecule is Cc1cc(F)c2c(c1)CCC2(C#N)O[Si](C)(C)C. The summed E-state index contributed by atoms with van der Waals surface area (Å²) >= 11 is 0. The highest BCUT2D eigenvalue weighted by molar-refractivity contribution is 6.69. The van der Waals surface area contributed by atoms with Crippen LogP contribution in [0, 0.1) is 24.1 Å². The Morgan fingerprint density at radius 1 is 1.39 bits per heavy atom. The van der Waals surface area contributed by atoms with Crippen LogP contribution in [0.2, 0.25) is 19.6 Å². The molecule has 0 fully saturated rings. The lowest BCUT2D eigenvalue weighted by molar-refractivity contribution is 0.117. The molecule has 96 valence electrons. The molecule has 0 spiro atoms. The van der Waals surface area contributed by atoms with Crippen LogP contribution in [-0.2, 0) is 16.4 Å². The molecule has 18 heavy (non-hydrogen) atoms. The summed E-state index contributed by atoms with van der Waals surface area (Å²) in [7, 11) is -1.91. The van der Waals surface area contributed by atoms with E-state index in [-0.39, 0.29) is 5.82 Å². The van der Waals surface area contributed by atoms with E-state index in [4.69, 9.17) is 4.43 Å². The van der Waals surface area contributed by atoms with Crippen molar-refractivity contribution in [1.29, 1.82) is 5.26 Å². The van der Waals surface area contributed by atoms with Gasteiger partial charge in [0.25, 0.3) is 0 Å². The maximum Gasteiger partial charge on any atom is 0.186 e. The third-order valence-electron chi connectivity index (χ3n) is 3.13. The van der Waals surface area contributed by atoms with Crippen molar-refractivity contribution in [3.63, 3.8) is 0 Å². The van der Waals surface area contributed by atoms with Crippen LogP contribution in [0.3, 0.4) is 0 Å². The highest BCUT2D eigenvalue weighted by atomic mass is 28.4. The molecule has 2 nitrogen and oxygen atoms in total.